The zero-order valence-corrected chi connectivity index (χ0v) is 15.9. The van der Waals surface area contributed by atoms with Gasteiger partial charge in [0.05, 0.1) is 0 Å². The molecule has 5 rings (SSSR count). The molecule has 1 aliphatic heterocycles. The van der Waals surface area contributed by atoms with E-state index in [1.165, 1.54) is 10.5 Å². The summed E-state index contributed by atoms with van der Waals surface area (Å²) in [7, 11) is 0. The number of hydrogen-bond acceptors (Lipinski definition) is 4. The lowest BCUT2D eigenvalue weighted by atomic mass is 10.0. The number of rotatable bonds is 3. The molecule has 0 bridgehead atoms. The summed E-state index contributed by atoms with van der Waals surface area (Å²) in [5.41, 5.74) is 3.05. The highest BCUT2D eigenvalue weighted by molar-refractivity contribution is 5.97. The van der Waals surface area contributed by atoms with E-state index >= 15 is 0 Å². The first-order valence-corrected chi connectivity index (χ1v) is 9.73. The van der Waals surface area contributed by atoms with Crippen LogP contribution in [0.3, 0.4) is 0 Å². The Morgan fingerprint density at radius 1 is 1.00 bits per heavy atom. The number of furan rings is 1. The summed E-state index contributed by atoms with van der Waals surface area (Å²) in [6.07, 6.45) is 2.89. The second-order valence-corrected chi connectivity index (χ2v) is 7.44. The lowest BCUT2D eigenvalue weighted by Gasteiger charge is -2.33. The van der Waals surface area contributed by atoms with E-state index in [0.717, 1.165) is 52.7 Å². The molecule has 3 heterocycles. The van der Waals surface area contributed by atoms with E-state index in [-0.39, 0.29) is 0 Å². The molecule has 6 heteroatoms. The lowest BCUT2D eigenvalue weighted by Crippen LogP contribution is -2.47. The Morgan fingerprint density at radius 3 is 2.62 bits per heavy atom. The van der Waals surface area contributed by atoms with Crippen LogP contribution in [0.5, 0.6) is 0 Å². The maximum absolute atomic E-state index is 11.1. The van der Waals surface area contributed by atoms with Crippen molar-refractivity contribution >= 4 is 27.8 Å². The van der Waals surface area contributed by atoms with Crippen molar-refractivity contribution in [1.82, 2.24) is 14.8 Å². The summed E-state index contributed by atoms with van der Waals surface area (Å²) < 4.78 is 6.07. The van der Waals surface area contributed by atoms with Gasteiger partial charge in [0.25, 0.3) is 0 Å². The third kappa shape index (κ3) is 3.43. The zero-order valence-electron chi connectivity index (χ0n) is 15.9. The minimum absolute atomic E-state index is 0.553. The van der Waals surface area contributed by atoms with Crippen LogP contribution in [0.1, 0.15) is 5.56 Å². The van der Waals surface area contributed by atoms with Crippen molar-refractivity contribution in [3.8, 4) is 11.3 Å². The molecule has 1 aliphatic rings. The van der Waals surface area contributed by atoms with E-state index in [0.29, 0.717) is 13.1 Å². The van der Waals surface area contributed by atoms with Gasteiger partial charge >= 0.3 is 6.09 Å². The molecule has 29 heavy (non-hydrogen) atoms. The number of nitrogens with zero attached hydrogens (tertiary/aromatic N) is 3. The van der Waals surface area contributed by atoms with Gasteiger partial charge in [0, 0.05) is 61.5 Å². The standard InChI is InChI=1S/C23H21N3O3/c27-23(28)26-9-7-25(8-10-26)15-16-5-6-18-13-24-14-20(19(18)11-16)22-12-17-3-1-2-4-21(17)29-22/h1-6,11-14H,7-10,15H2,(H,27,28). The van der Waals surface area contributed by atoms with Crippen molar-refractivity contribution in [3.63, 3.8) is 0 Å². The predicted octanol–water partition coefficient (Wildman–Crippen LogP) is 4.44. The van der Waals surface area contributed by atoms with Gasteiger partial charge in [-0.1, -0.05) is 30.3 Å². The SMILES string of the molecule is O=C(O)N1CCN(Cc2ccc3cncc(-c4cc5ccccc5o4)c3c2)CC1. The van der Waals surface area contributed by atoms with Gasteiger partial charge in [-0.05, 0) is 29.1 Å². The van der Waals surface area contributed by atoms with Crippen molar-refractivity contribution in [1.29, 1.82) is 0 Å². The molecule has 0 unspecified atom stereocenters. The van der Waals surface area contributed by atoms with Crippen molar-refractivity contribution in [2.24, 2.45) is 0 Å². The smallest absolute Gasteiger partial charge is 0.407 e. The molecule has 1 saturated heterocycles. The number of piperazine rings is 1. The summed E-state index contributed by atoms with van der Waals surface area (Å²) in [5.74, 6) is 0.816. The van der Waals surface area contributed by atoms with Gasteiger partial charge in [-0.2, -0.15) is 0 Å². The molecule has 0 aliphatic carbocycles. The first-order valence-electron chi connectivity index (χ1n) is 9.73. The summed E-state index contributed by atoms with van der Waals surface area (Å²) in [6, 6.07) is 16.5. The van der Waals surface area contributed by atoms with Crippen LogP contribution < -0.4 is 0 Å². The van der Waals surface area contributed by atoms with Crippen molar-refractivity contribution in [3.05, 3.63) is 66.5 Å². The minimum atomic E-state index is -0.835. The first-order chi connectivity index (χ1) is 14.2. The normalized spacial score (nSPS) is 15.2. The van der Waals surface area contributed by atoms with Crippen LogP contribution in [0, 0.1) is 0 Å². The number of para-hydroxylation sites is 1. The summed E-state index contributed by atoms with van der Waals surface area (Å²) in [6.45, 7) is 3.40. The Balaban J connectivity index is 1.45. The number of pyridine rings is 1. The molecule has 0 spiro atoms. The van der Waals surface area contributed by atoms with E-state index < -0.39 is 6.09 Å². The van der Waals surface area contributed by atoms with Crippen molar-refractivity contribution in [2.75, 3.05) is 26.2 Å². The molecule has 0 saturated carbocycles. The molecule has 1 amide bonds. The van der Waals surface area contributed by atoms with Crippen LogP contribution in [0.2, 0.25) is 0 Å². The molecule has 0 atom stereocenters. The molecule has 2 aromatic heterocycles. The van der Waals surface area contributed by atoms with Gasteiger partial charge < -0.3 is 14.4 Å². The van der Waals surface area contributed by atoms with Gasteiger partial charge in [0.1, 0.15) is 11.3 Å². The average Bonchev–Trinajstić information content (AvgIpc) is 3.18. The van der Waals surface area contributed by atoms with Crippen LogP contribution >= 0.6 is 0 Å². The van der Waals surface area contributed by atoms with E-state index in [1.807, 2.05) is 36.7 Å². The van der Waals surface area contributed by atoms with Gasteiger partial charge in [0.2, 0.25) is 0 Å². The van der Waals surface area contributed by atoms with Crippen molar-refractivity contribution < 1.29 is 14.3 Å². The summed E-state index contributed by atoms with van der Waals surface area (Å²) in [5, 5.41) is 12.4. The monoisotopic (exact) mass is 387 g/mol. The van der Waals surface area contributed by atoms with E-state index in [1.54, 1.807) is 0 Å². The lowest BCUT2D eigenvalue weighted by molar-refractivity contribution is 0.103. The molecule has 1 fully saturated rings. The van der Waals surface area contributed by atoms with E-state index in [9.17, 15) is 4.79 Å². The van der Waals surface area contributed by atoms with Crippen LogP contribution in [0.15, 0.2) is 65.3 Å². The number of carbonyl (C=O) groups is 1. The number of hydrogen-bond donors (Lipinski definition) is 1. The van der Waals surface area contributed by atoms with Crippen LogP contribution in [0.25, 0.3) is 33.1 Å². The van der Waals surface area contributed by atoms with Gasteiger partial charge in [-0.3, -0.25) is 9.88 Å². The van der Waals surface area contributed by atoms with Gasteiger partial charge in [-0.15, -0.1) is 0 Å². The highest BCUT2D eigenvalue weighted by Crippen LogP contribution is 2.33. The van der Waals surface area contributed by atoms with Crippen LogP contribution in [-0.2, 0) is 6.54 Å². The molecule has 0 radical (unpaired) electrons. The number of amides is 1. The largest absolute Gasteiger partial charge is 0.465 e. The molecular formula is C23H21N3O3. The minimum Gasteiger partial charge on any atom is -0.465 e. The highest BCUT2D eigenvalue weighted by Gasteiger charge is 2.20. The fraction of sp³-hybridized carbons (Fsp3) is 0.217. The molecule has 146 valence electrons. The molecule has 1 N–H and O–H groups in total. The third-order valence-electron chi connectivity index (χ3n) is 5.57. The van der Waals surface area contributed by atoms with Crippen LogP contribution in [0.4, 0.5) is 4.79 Å². The maximum atomic E-state index is 11.1. The second-order valence-electron chi connectivity index (χ2n) is 7.44. The van der Waals surface area contributed by atoms with E-state index in [4.69, 9.17) is 9.52 Å². The average molecular weight is 387 g/mol. The van der Waals surface area contributed by atoms with Gasteiger partial charge in [0.15, 0.2) is 0 Å². The fourth-order valence-electron chi connectivity index (χ4n) is 3.98. The number of fused-ring (bicyclic) bond motifs is 2. The maximum Gasteiger partial charge on any atom is 0.407 e. The number of aromatic nitrogens is 1. The topological polar surface area (TPSA) is 69.8 Å². The van der Waals surface area contributed by atoms with Gasteiger partial charge in [-0.25, -0.2) is 4.79 Å². The Morgan fingerprint density at radius 2 is 1.83 bits per heavy atom. The summed E-state index contributed by atoms with van der Waals surface area (Å²) >= 11 is 0. The fourth-order valence-corrected chi connectivity index (χ4v) is 3.98. The van der Waals surface area contributed by atoms with E-state index in [2.05, 4.69) is 34.1 Å². The zero-order chi connectivity index (χ0) is 19.8. The Bertz CT molecular complexity index is 1160. The third-order valence-corrected chi connectivity index (χ3v) is 5.57. The molecule has 6 nitrogen and oxygen atoms in total. The second kappa shape index (κ2) is 7.22. The highest BCUT2D eigenvalue weighted by atomic mass is 16.4. The Hall–Kier alpha value is -3.38. The molecule has 4 aromatic rings. The first kappa shape index (κ1) is 17.7. The van der Waals surface area contributed by atoms with Crippen LogP contribution in [-0.4, -0.2) is 52.2 Å². The van der Waals surface area contributed by atoms with Crippen molar-refractivity contribution in [2.45, 2.75) is 6.54 Å². The molecular weight excluding hydrogens is 366 g/mol. The Labute approximate surface area is 168 Å². The molecule has 2 aromatic carbocycles. The quantitative estimate of drug-likeness (QED) is 0.563. The Kier molecular flexibility index (Phi) is 4.41. The predicted molar refractivity (Wildman–Crippen MR) is 112 cm³/mol. The summed E-state index contributed by atoms with van der Waals surface area (Å²) in [4.78, 5) is 19.3. The number of benzene rings is 2. The number of carboxylic acid groups (broad SMARTS) is 1.